The maximum Gasteiger partial charge on any atom is 0.114 e. The van der Waals surface area contributed by atoms with Gasteiger partial charge >= 0.3 is 0 Å². The number of fused-ring (bicyclic) bond motifs is 1. The molecule has 0 saturated carbocycles. The van der Waals surface area contributed by atoms with Crippen LogP contribution in [0.2, 0.25) is 10.0 Å². The van der Waals surface area contributed by atoms with Crippen LogP contribution in [0.25, 0.3) is 11.0 Å². The van der Waals surface area contributed by atoms with Crippen LogP contribution >= 0.6 is 23.2 Å². The van der Waals surface area contributed by atoms with E-state index in [2.05, 4.69) is 24.2 Å². The van der Waals surface area contributed by atoms with Crippen molar-refractivity contribution in [2.45, 2.75) is 123 Å². The molecule has 3 nitrogen and oxygen atoms in total. The number of halogens is 2. The lowest BCUT2D eigenvalue weighted by atomic mass is 9.94. The number of benzene rings is 1. The van der Waals surface area contributed by atoms with Crippen molar-refractivity contribution >= 4 is 34.2 Å². The van der Waals surface area contributed by atoms with Crippen LogP contribution in [-0.2, 0) is 6.54 Å². The number of nitrogens with zero attached hydrogens (tertiary/aromatic N) is 3. The van der Waals surface area contributed by atoms with Gasteiger partial charge in [-0.2, -0.15) is 0 Å². The maximum atomic E-state index is 6.26. The van der Waals surface area contributed by atoms with E-state index >= 15 is 0 Å². The molecule has 2 rings (SSSR count). The highest BCUT2D eigenvalue weighted by molar-refractivity contribution is 6.42. The van der Waals surface area contributed by atoms with Crippen molar-refractivity contribution in [3.8, 4) is 0 Å². The highest BCUT2D eigenvalue weighted by Gasteiger charge is 2.14. The Balaban J connectivity index is 1.84. The quantitative estimate of drug-likeness (QED) is 0.204. The normalized spacial score (nSPS) is 12.6. The fourth-order valence-electron chi connectivity index (χ4n) is 4.45. The van der Waals surface area contributed by atoms with E-state index in [1.54, 1.807) is 0 Å². The summed E-state index contributed by atoms with van der Waals surface area (Å²) in [4.78, 5) is 0. The minimum Gasteiger partial charge on any atom is -0.244 e. The first-order valence-corrected chi connectivity index (χ1v) is 13.6. The Morgan fingerprint density at radius 2 is 1.19 bits per heavy atom. The first-order valence-electron chi connectivity index (χ1n) is 12.8. The predicted octanol–water partition coefficient (Wildman–Crippen LogP) is 9.64. The summed E-state index contributed by atoms with van der Waals surface area (Å²) in [5.74, 6) is 0.658. The van der Waals surface area contributed by atoms with Crippen LogP contribution in [0.5, 0.6) is 0 Å². The Morgan fingerprint density at radius 1 is 0.710 bits per heavy atom. The summed E-state index contributed by atoms with van der Waals surface area (Å²) < 4.78 is 2.05. The van der Waals surface area contributed by atoms with E-state index in [0.717, 1.165) is 17.6 Å². The summed E-state index contributed by atoms with van der Waals surface area (Å²) >= 11 is 12.4. The molecule has 0 spiro atoms. The fraction of sp³-hybridized carbons (Fsp3) is 0.769. The van der Waals surface area contributed by atoms with Crippen LogP contribution in [0, 0.1) is 5.92 Å². The molecule has 31 heavy (non-hydrogen) atoms. The zero-order valence-electron chi connectivity index (χ0n) is 19.9. The summed E-state index contributed by atoms with van der Waals surface area (Å²) in [5.41, 5.74) is 1.83. The number of hydrogen-bond acceptors (Lipinski definition) is 2. The highest BCUT2D eigenvalue weighted by atomic mass is 35.5. The van der Waals surface area contributed by atoms with Crippen molar-refractivity contribution in [2.24, 2.45) is 5.92 Å². The number of unbranched alkanes of at least 4 members (excludes halogenated alkanes) is 12. The zero-order valence-corrected chi connectivity index (χ0v) is 21.4. The molecular weight excluding hydrogens is 425 g/mol. The van der Waals surface area contributed by atoms with Crippen molar-refractivity contribution < 1.29 is 0 Å². The van der Waals surface area contributed by atoms with E-state index in [4.69, 9.17) is 23.2 Å². The summed E-state index contributed by atoms with van der Waals surface area (Å²) in [7, 11) is 0. The summed E-state index contributed by atoms with van der Waals surface area (Å²) in [5, 5.41) is 9.86. The van der Waals surface area contributed by atoms with Gasteiger partial charge in [0, 0.05) is 6.54 Å². The fourth-order valence-corrected chi connectivity index (χ4v) is 4.77. The number of rotatable bonds is 18. The van der Waals surface area contributed by atoms with Crippen molar-refractivity contribution in [2.75, 3.05) is 0 Å². The highest BCUT2D eigenvalue weighted by Crippen LogP contribution is 2.28. The molecule has 176 valence electrons. The third-order valence-corrected chi connectivity index (χ3v) is 7.14. The third-order valence-electron chi connectivity index (χ3n) is 6.42. The molecule has 1 aromatic heterocycles. The molecule has 5 heteroatoms. The van der Waals surface area contributed by atoms with Gasteiger partial charge in [-0.1, -0.05) is 132 Å². The standard InChI is InChI=1S/C26H43Cl2N3/c1-3-5-7-9-11-12-14-16-18-22(17-15-13-10-8-6-4-2)21-31-26-20-24(28)23(27)19-25(26)29-30-31/h19-20,22H,3-18,21H2,1-2H3. The smallest absolute Gasteiger partial charge is 0.114 e. The van der Waals surface area contributed by atoms with Crippen molar-refractivity contribution in [3.05, 3.63) is 22.2 Å². The first kappa shape index (κ1) is 26.5. The van der Waals surface area contributed by atoms with Crippen LogP contribution < -0.4 is 0 Å². The molecule has 0 amide bonds. The molecular formula is C26H43Cl2N3. The van der Waals surface area contributed by atoms with E-state index in [-0.39, 0.29) is 0 Å². The largest absolute Gasteiger partial charge is 0.244 e. The van der Waals surface area contributed by atoms with Gasteiger partial charge in [0.1, 0.15) is 5.52 Å². The summed E-state index contributed by atoms with van der Waals surface area (Å²) in [6.45, 7) is 5.49. The summed E-state index contributed by atoms with van der Waals surface area (Å²) in [6.07, 6.45) is 21.7. The lowest BCUT2D eigenvalue weighted by Gasteiger charge is -2.17. The Labute approximate surface area is 200 Å². The molecule has 0 aliphatic carbocycles. The molecule has 0 fully saturated rings. The minimum absolute atomic E-state index is 0.545. The van der Waals surface area contributed by atoms with Crippen molar-refractivity contribution in [3.63, 3.8) is 0 Å². The maximum absolute atomic E-state index is 6.26. The second-order valence-corrected chi connectivity index (χ2v) is 10.0. The van der Waals surface area contributed by atoms with Crippen molar-refractivity contribution in [1.29, 1.82) is 0 Å². The van der Waals surface area contributed by atoms with E-state index in [9.17, 15) is 0 Å². The third kappa shape index (κ3) is 10.1. The van der Waals surface area contributed by atoms with Crippen LogP contribution in [0.15, 0.2) is 12.1 Å². The Morgan fingerprint density at radius 3 is 1.74 bits per heavy atom. The topological polar surface area (TPSA) is 30.7 Å². The number of hydrogen-bond donors (Lipinski definition) is 0. The lowest BCUT2D eigenvalue weighted by Crippen LogP contribution is -2.12. The van der Waals surface area contributed by atoms with Gasteiger partial charge in [0.2, 0.25) is 0 Å². The van der Waals surface area contributed by atoms with Gasteiger partial charge in [0.15, 0.2) is 0 Å². The van der Waals surface area contributed by atoms with Gasteiger partial charge < -0.3 is 0 Å². The molecule has 0 radical (unpaired) electrons. The van der Waals surface area contributed by atoms with Crippen LogP contribution in [0.1, 0.15) is 117 Å². The van der Waals surface area contributed by atoms with E-state index < -0.39 is 0 Å². The molecule has 0 aliphatic rings. The van der Waals surface area contributed by atoms with Gasteiger partial charge in [0.25, 0.3) is 0 Å². The van der Waals surface area contributed by atoms with Gasteiger partial charge in [-0.25, -0.2) is 4.68 Å². The van der Waals surface area contributed by atoms with E-state index in [0.29, 0.717) is 16.0 Å². The van der Waals surface area contributed by atoms with Gasteiger partial charge in [0.05, 0.1) is 15.6 Å². The van der Waals surface area contributed by atoms with Crippen molar-refractivity contribution in [1.82, 2.24) is 15.0 Å². The minimum atomic E-state index is 0.545. The molecule has 1 unspecified atom stereocenters. The zero-order chi connectivity index (χ0) is 22.3. The molecule has 1 heterocycles. The Hall–Kier alpha value is -0.800. The molecule has 2 aromatic rings. The SMILES string of the molecule is CCCCCCCCCCC(CCCCCCCC)Cn1nnc2cc(Cl)c(Cl)cc21. The van der Waals surface area contributed by atoms with E-state index in [1.165, 1.54) is 103 Å². The number of aromatic nitrogens is 3. The van der Waals surface area contributed by atoms with Gasteiger partial charge in [-0.15, -0.1) is 5.10 Å². The molecule has 1 aromatic carbocycles. The second kappa shape index (κ2) is 15.9. The molecule has 0 saturated heterocycles. The second-order valence-electron chi connectivity index (χ2n) is 9.21. The Bertz CT molecular complexity index is 729. The van der Waals surface area contributed by atoms with E-state index in [1.807, 2.05) is 16.8 Å². The summed E-state index contributed by atoms with van der Waals surface area (Å²) in [6, 6.07) is 3.74. The van der Waals surface area contributed by atoms with Gasteiger partial charge in [-0.05, 0) is 30.9 Å². The average Bonchev–Trinajstić information content (AvgIpc) is 3.13. The molecule has 0 aliphatic heterocycles. The molecule has 1 atom stereocenters. The molecule has 0 N–H and O–H groups in total. The monoisotopic (exact) mass is 467 g/mol. The van der Waals surface area contributed by atoms with Crippen LogP contribution in [0.3, 0.4) is 0 Å². The Kier molecular flexibility index (Phi) is 13.6. The molecule has 0 bridgehead atoms. The average molecular weight is 469 g/mol. The van der Waals surface area contributed by atoms with Crippen LogP contribution in [0.4, 0.5) is 0 Å². The lowest BCUT2D eigenvalue weighted by molar-refractivity contribution is 0.344. The predicted molar refractivity (Wildman–Crippen MR) is 136 cm³/mol. The van der Waals surface area contributed by atoms with Crippen LogP contribution in [-0.4, -0.2) is 15.0 Å². The van der Waals surface area contributed by atoms with Gasteiger partial charge in [-0.3, -0.25) is 0 Å². The first-order chi connectivity index (χ1) is 15.2.